The number of nitrogens with two attached hydrogens (primary N) is 1. The molecule has 28 heavy (non-hydrogen) atoms. The van der Waals surface area contributed by atoms with Crippen LogP contribution < -0.4 is 10.5 Å². The molecular formula is C18H22F3N5O2. The van der Waals surface area contributed by atoms with Crippen molar-refractivity contribution in [1.82, 2.24) is 4.90 Å². The Balaban J connectivity index is 2.18. The van der Waals surface area contributed by atoms with Gasteiger partial charge in [-0.2, -0.15) is 13.2 Å². The van der Waals surface area contributed by atoms with Crippen LogP contribution in [0.2, 0.25) is 0 Å². The monoisotopic (exact) mass is 397 g/mol. The Hall–Kier alpha value is -3.04. The highest BCUT2D eigenvalue weighted by Gasteiger charge is 2.35. The average molecular weight is 397 g/mol. The van der Waals surface area contributed by atoms with Crippen LogP contribution >= 0.6 is 0 Å². The lowest BCUT2D eigenvalue weighted by Gasteiger charge is -2.23. The summed E-state index contributed by atoms with van der Waals surface area (Å²) in [5.74, 6) is -0.459. The number of rotatable bonds is 7. The number of amidine groups is 1. The van der Waals surface area contributed by atoms with Gasteiger partial charge in [-0.3, -0.25) is 5.41 Å². The van der Waals surface area contributed by atoms with Gasteiger partial charge in [0.1, 0.15) is 19.0 Å². The molecular weight excluding hydrogens is 375 g/mol. The minimum absolute atomic E-state index is 0.0536. The molecule has 1 aliphatic heterocycles. The predicted octanol–water partition coefficient (Wildman–Crippen LogP) is 3.01. The maximum atomic E-state index is 13.3. The van der Waals surface area contributed by atoms with Crippen LogP contribution in [0.15, 0.2) is 41.0 Å². The molecule has 1 saturated heterocycles. The summed E-state index contributed by atoms with van der Waals surface area (Å²) in [6.07, 6.45) is -1.62. The van der Waals surface area contributed by atoms with Gasteiger partial charge in [0.25, 0.3) is 0 Å². The van der Waals surface area contributed by atoms with Crippen molar-refractivity contribution in [2.24, 2.45) is 15.9 Å². The predicted molar refractivity (Wildman–Crippen MR) is 101 cm³/mol. The van der Waals surface area contributed by atoms with Crippen LogP contribution in [-0.2, 0) is 11.0 Å². The maximum absolute atomic E-state index is 13.3. The number of aliphatic imine (C=N–C) groups is 1. The highest BCUT2D eigenvalue weighted by Crippen LogP contribution is 2.37. The molecule has 0 radical (unpaired) electrons. The number of hydrogen-bond donors (Lipinski definition) is 2. The number of nitrogens with zero attached hydrogens (tertiary/aromatic N) is 3. The van der Waals surface area contributed by atoms with Crippen molar-refractivity contribution >= 4 is 18.5 Å². The van der Waals surface area contributed by atoms with Crippen LogP contribution in [0.3, 0.4) is 0 Å². The third kappa shape index (κ3) is 5.24. The zero-order valence-electron chi connectivity index (χ0n) is 15.2. The number of alkyl halides is 3. The summed E-state index contributed by atoms with van der Waals surface area (Å²) < 4.78 is 45.1. The number of hydrogen-bond acceptors (Lipinski definition) is 4. The highest BCUT2D eigenvalue weighted by atomic mass is 19.4. The van der Waals surface area contributed by atoms with E-state index in [4.69, 9.17) is 20.7 Å². The van der Waals surface area contributed by atoms with Crippen molar-refractivity contribution in [3.63, 3.8) is 0 Å². The van der Waals surface area contributed by atoms with E-state index in [1.807, 2.05) is 0 Å². The van der Waals surface area contributed by atoms with Crippen LogP contribution in [0.1, 0.15) is 24.0 Å². The summed E-state index contributed by atoms with van der Waals surface area (Å²) in [6, 6.07) is 3.35. The van der Waals surface area contributed by atoms with E-state index in [0.29, 0.717) is 6.54 Å². The Morgan fingerprint density at radius 2 is 2.18 bits per heavy atom. The zero-order valence-corrected chi connectivity index (χ0v) is 15.2. The van der Waals surface area contributed by atoms with Gasteiger partial charge in [-0.1, -0.05) is 17.8 Å². The third-order valence-electron chi connectivity index (χ3n) is 4.15. The highest BCUT2D eigenvalue weighted by molar-refractivity contribution is 6.01. The summed E-state index contributed by atoms with van der Waals surface area (Å²) in [6.45, 7) is 7.49. The van der Waals surface area contributed by atoms with Crippen LogP contribution in [0.4, 0.5) is 13.2 Å². The topological polar surface area (TPSA) is 96.3 Å². The van der Waals surface area contributed by atoms with Crippen molar-refractivity contribution in [2.45, 2.75) is 25.1 Å². The summed E-state index contributed by atoms with van der Waals surface area (Å²) in [5, 5.41) is 11.3. The smallest absolute Gasteiger partial charge is 0.419 e. The normalized spacial score (nSPS) is 17.3. The van der Waals surface area contributed by atoms with Gasteiger partial charge in [0, 0.05) is 12.1 Å². The number of guanidine groups is 1. The fraction of sp³-hybridized carbons (Fsp3) is 0.389. The number of likely N-dealkylation sites (tertiary alicyclic amines) is 1. The van der Waals surface area contributed by atoms with Gasteiger partial charge in [0.15, 0.2) is 11.8 Å². The van der Waals surface area contributed by atoms with Crippen LogP contribution in [0.25, 0.3) is 0 Å². The van der Waals surface area contributed by atoms with Gasteiger partial charge >= 0.3 is 6.18 Å². The van der Waals surface area contributed by atoms with Crippen molar-refractivity contribution < 1.29 is 22.7 Å². The molecule has 1 atom stereocenters. The Bertz CT molecular complexity index is 764. The number of benzene rings is 1. The Labute approximate surface area is 160 Å². The molecule has 3 N–H and O–H groups in total. The van der Waals surface area contributed by atoms with Crippen LogP contribution in [0.5, 0.6) is 5.75 Å². The summed E-state index contributed by atoms with van der Waals surface area (Å²) in [7, 11) is 0. The van der Waals surface area contributed by atoms with Crippen LogP contribution in [-0.4, -0.2) is 49.2 Å². The van der Waals surface area contributed by atoms with E-state index in [0.717, 1.165) is 18.9 Å². The van der Waals surface area contributed by atoms with Gasteiger partial charge in [-0.15, -0.1) is 0 Å². The third-order valence-corrected chi connectivity index (χ3v) is 4.15. The molecule has 1 aromatic rings. The molecule has 0 aliphatic carbocycles. The lowest BCUT2D eigenvalue weighted by Crippen LogP contribution is -2.41. The zero-order chi connectivity index (χ0) is 20.7. The molecule has 10 heteroatoms. The molecule has 0 bridgehead atoms. The molecule has 0 spiro atoms. The molecule has 0 aromatic heterocycles. The second-order valence-electron chi connectivity index (χ2n) is 6.05. The molecule has 0 amide bonds. The van der Waals surface area contributed by atoms with E-state index in [2.05, 4.69) is 23.4 Å². The fourth-order valence-corrected chi connectivity index (χ4v) is 2.85. The van der Waals surface area contributed by atoms with Gasteiger partial charge in [0.05, 0.1) is 11.6 Å². The fourth-order valence-electron chi connectivity index (χ4n) is 2.85. The molecule has 1 fully saturated rings. The molecule has 1 heterocycles. The van der Waals surface area contributed by atoms with Gasteiger partial charge in [-0.25, -0.2) is 4.99 Å². The number of oxime groups is 1. The minimum Gasteiger partial charge on any atom is -0.489 e. The second kappa shape index (κ2) is 9.25. The molecule has 152 valence electrons. The van der Waals surface area contributed by atoms with Crippen molar-refractivity contribution in [3.05, 3.63) is 42.0 Å². The van der Waals surface area contributed by atoms with Crippen molar-refractivity contribution in [1.29, 1.82) is 5.41 Å². The summed E-state index contributed by atoms with van der Waals surface area (Å²) >= 11 is 0. The first-order valence-electron chi connectivity index (χ1n) is 8.50. The average Bonchev–Trinajstić information content (AvgIpc) is 3.11. The Morgan fingerprint density at radius 3 is 2.79 bits per heavy atom. The summed E-state index contributed by atoms with van der Waals surface area (Å²) in [4.78, 5) is 10.6. The summed E-state index contributed by atoms with van der Waals surface area (Å²) in [5.41, 5.74) is 4.64. The van der Waals surface area contributed by atoms with E-state index in [-0.39, 0.29) is 42.4 Å². The first kappa shape index (κ1) is 21.3. The molecule has 7 nitrogen and oxygen atoms in total. The van der Waals surface area contributed by atoms with Gasteiger partial charge < -0.3 is 20.2 Å². The largest absolute Gasteiger partial charge is 0.489 e. The minimum atomic E-state index is -4.62. The molecule has 2 rings (SSSR count). The van der Waals surface area contributed by atoms with Gasteiger partial charge in [0.2, 0.25) is 0 Å². The lowest BCUT2D eigenvalue weighted by atomic mass is 10.1. The molecule has 0 saturated carbocycles. The van der Waals surface area contributed by atoms with E-state index in [1.165, 1.54) is 18.2 Å². The second-order valence-corrected chi connectivity index (χ2v) is 6.05. The Morgan fingerprint density at radius 1 is 1.43 bits per heavy atom. The van der Waals surface area contributed by atoms with E-state index >= 15 is 0 Å². The number of nitrogens with one attached hydrogen (secondary N) is 1. The molecule has 1 aliphatic rings. The van der Waals surface area contributed by atoms with Crippen molar-refractivity contribution in [2.75, 3.05) is 19.8 Å². The number of ether oxygens (including phenoxy) is 1. The maximum Gasteiger partial charge on any atom is 0.419 e. The quantitative estimate of drug-likeness (QED) is 0.320. The van der Waals surface area contributed by atoms with E-state index in [9.17, 15) is 13.2 Å². The standard InChI is InChI=1S/C18H22F3N5O2/c1-3-9-27-15-7-6-12(10-14(15)18(19,20)21)16(24-2)25-28-11-13-5-4-8-26(13)17(22)23/h3,6-7,10,13H,1-2,4-5,8-9,11H2,(H3,22,23)/b25-16-. The van der Waals surface area contributed by atoms with E-state index < -0.39 is 11.7 Å². The Kier molecular flexibility index (Phi) is 7.02. The first-order chi connectivity index (χ1) is 13.3. The van der Waals surface area contributed by atoms with Crippen LogP contribution in [0, 0.1) is 5.41 Å². The lowest BCUT2D eigenvalue weighted by molar-refractivity contribution is -0.138. The molecule has 1 unspecified atom stereocenters. The van der Waals surface area contributed by atoms with E-state index in [1.54, 1.807) is 4.90 Å². The van der Waals surface area contributed by atoms with Gasteiger partial charge in [-0.05, 0) is 37.8 Å². The number of halogens is 3. The molecule has 1 aromatic carbocycles. The first-order valence-corrected chi connectivity index (χ1v) is 8.50. The van der Waals surface area contributed by atoms with Crippen molar-refractivity contribution in [3.8, 4) is 5.75 Å². The SMILES string of the molecule is C=CCOc1ccc(/C(N=C)=N/OCC2CCCN2C(=N)N)cc1C(F)(F)F.